The van der Waals surface area contributed by atoms with Gasteiger partial charge in [-0.3, -0.25) is 4.79 Å². The molecule has 0 aliphatic carbocycles. The van der Waals surface area contributed by atoms with Crippen LogP contribution in [0.2, 0.25) is 0 Å². The first-order valence-electron chi connectivity index (χ1n) is 7.05. The fourth-order valence-corrected chi connectivity index (χ4v) is 2.36. The fourth-order valence-electron chi connectivity index (χ4n) is 2.36. The van der Waals surface area contributed by atoms with Gasteiger partial charge in [0.05, 0.1) is 0 Å². The SMILES string of the molecule is CC(=O)N1CCC(NC(=O)Nc2ccc(C)c(F)c2)CC1. The van der Waals surface area contributed by atoms with Crippen molar-refractivity contribution in [2.45, 2.75) is 32.7 Å². The normalized spacial score (nSPS) is 15.7. The predicted octanol–water partition coefficient (Wildman–Crippen LogP) is 2.27. The summed E-state index contributed by atoms with van der Waals surface area (Å²) in [5.41, 5.74) is 0.967. The van der Waals surface area contributed by atoms with Crippen molar-refractivity contribution in [2.75, 3.05) is 18.4 Å². The third-order valence-corrected chi connectivity index (χ3v) is 3.71. The van der Waals surface area contributed by atoms with Crippen molar-refractivity contribution in [1.82, 2.24) is 10.2 Å². The first-order valence-corrected chi connectivity index (χ1v) is 7.05. The van der Waals surface area contributed by atoms with Crippen molar-refractivity contribution in [3.05, 3.63) is 29.6 Å². The zero-order chi connectivity index (χ0) is 15.4. The molecule has 1 saturated heterocycles. The van der Waals surface area contributed by atoms with Crippen LogP contribution in [0, 0.1) is 12.7 Å². The summed E-state index contributed by atoms with van der Waals surface area (Å²) in [6.07, 6.45) is 1.46. The predicted molar refractivity (Wildman–Crippen MR) is 78.6 cm³/mol. The monoisotopic (exact) mass is 293 g/mol. The maximum Gasteiger partial charge on any atom is 0.319 e. The number of anilines is 1. The van der Waals surface area contributed by atoms with Gasteiger partial charge >= 0.3 is 6.03 Å². The Bertz CT molecular complexity index is 540. The summed E-state index contributed by atoms with van der Waals surface area (Å²) in [7, 11) is 0. The molecule has 0 saturated carbocycles. The molecule has 0 atom stereocenters. The van der Waals surface area contributed by atoms with E-state index in [4.69, 9.17) is 0 Å². The van der Waals surface area contributed by atoms with Crippen LogP contribution in [0.4, 0.5) is 14.9 Å². The number of nitrogens with one attached hydrogen (secondary N) is 2. The van der Waals surface area contributed by atoms with E-state index in [0.29, 0.717) is 24.3 Å². The van der Waals surface area contributed by atoms with Crippen LogP contribution < -0.4 is 10.6 Å². The molecule has 0 radical (unpaired) electrons. The summed E-state index contributed by atoms with van der Waals surface area (Å²) in [4.78, 5) is 24.9. The van der Waals surface area contributed by atoms with Gasteiger partial charge in [-0.05, 0) is 37.5 Å². The van der Waals surface area contributed by atoms with Crippen molar-refractivity contribution in [2.24, 2.45) is 0 Å². The van der Waals surface area contributed by atoms with Crippen LogP contribution in [-0.2, 0) is 4.79 Å². The third kappa shape index (κ3) is 4.18. The molecule has 3 amide bonds. The van der Waals surface area contributed by atoms with Gasteiger partial charge in [0.1, 0.15) is 5.82 Å². The van der Waals surface area contributed by atoms with Crippen molar-refractivity contribution >= 4 is 17.6 Å². The first-order chi connectivity index (χ1) is 9.95. The summed E-state index contributed by atoms with van der Waals surface area (Å²) < 4.78 is 13.4. The molecule has 0 spiro atoms. The first kappa shape index (κ1) is 15.3. The molecule has 1 heterocycles. The molecular weight excluding hydrogens is 273 g/mol. The van der Waals surface area contributed by atoms with Gasteiger partial charge in [0.2, 0.25) is 5.91 Å². The number of benzene rings is 1. The van der Waals surface area contributed by atoms with E-state index in [0.717, 1.165) is 12.8 Å². The molecule has 0 unspecified atom stereocenters. The summed E-state index contributed by atoms with van der Waals surface area (Å²) >= 11 is 0. The number of aryl methyl sites for hydroxylation is 1. The number of halogens is 1. The number of urea groups is 1. The highest BCUT2D eigenvalue weighted by atomic mass is 19.1. The van der Waals surface area contributed by atoms with E-state index in [1.54, 1.807) is 30.9 Å². The van der Waals surface area contributed by atoms with Crippen LogP contribution in [0.3, 0.4) is 0 Å². The summed E-state index contributed by atoms with van der Waals surface area (Å²) in [5.74, 6) is -0.282. The molecule has 6 heteroatoms. The highest BCUT2D eigenvalue weighted by Crippen LogP contribution is 2.14. The van der Waals surface area contributed by atoms with E-state index < -0.39 is 0 Å². The van der Waals surface area contributed by atoms with Crippen LogP contribution in [0.15, 0.2) is 18.2 Å². The number of hydrogen-bond donors (Lipinski definition) is 2. The molecule has 2 N–H and O–H groups in total. The van der Waals surface area contributed by atoms with Gasteiger partial charge in [-0.2, -0.15) is 0 Å². The van der Waals surface area contributed by atoms with E-state index >= 15 is 0 Å². The van der Waals surface area contributed by atoms with Gasteiger partial charge in [0.25, 0.3) is 0 Å². The molecule has 0 bridgehead atoms. The summed E-state index contributed by atoms with van der Waals surface area (Å²) in [6.45, 7) is 4.52. The minimum absolute atomic E-state index is 0.0379. The number of nitrogens with zero attached hydrogens (tertiary/aromatic N) is 1. The molecule has 5 nitrogen and oxygen atoms in total. The second-order valence-electron chi connectivity index (χ2n) is 5.34. The second-order valence-corrected chi connectivity index (χ2v) is 5.34. The van der Waals surface area contributed by atoms with Gasteiger partial charge in [0, 0.05) is 31.7 Å². The highest BCUT2D eigenvalue weighted by Gasteiger charge is 2.21. The van der Waals surface area contributed by atoms with Gasteiger partial charge in [-0.25, -0.2) is 9.18 Å². The number of piperidine rings is 1. The standard InChI is InChI=1S/C15H20FN3O2/c1-10-3-4-13(9-14(10)16)18-15(21)17-12-5-7-19(8-6-12)11(2)20/h3-4,9,12H,5-8H2,1-2H3,(H2,17,18,21). The lowest BCUT2D eigenvalue weighted by atomic mass is 10.1. The molecule has 21 heavy (non-hydrogen) atoms. The number of hydrogen-bond acceptors (Lipinski definition) is 2. The smallest absolute Gasteiger partial charge is 0.319 e. The Kier molecular flexibility index (Phi) is 4.77. The number of amides is 3. The lowest BCUT2D eigenvalue weighted by Gasteiger charge is -2.31. The molecule has 1 aromatic rings. The van der Waals surface area contributed by atoms with Crippen LogP contribution in [0.1, 0.15) is 25.3 Å². The summed E-state index contributed by atoms with van der Waals surface area (Å²) in [5, 5.41) is 5.47. The van der Waals surface area contributed by atoms with Gasteiger partial charge in [-0.15, -0.1) is 0 Å². The van der Waals surface area contributed by atoms with Crippen molar-refractivity contribution in [3.63, 3.8) is 0 Å². The van der Waals surface area contributed by atoms with E-state index in [-0.39, 0.29) is 23.8 Å². The topological polar surface area (TPSA) is 61.4 Å². The summed E-state index contributed by atoms with van der Waals surface area (Å²) in [6, 6.07) is 4.27. The zero-order valence-electron chi connectivity index (χ0n) is 12.3. The Hall–Kier alpha value is -2.11. The maximum absolute atomic E-state index is 13.4. The molecule has 114 valence electrons. The Morgan fingerprint density at radius 1 is 1.29 bits per heavy atom. The molecule has 1 aliphatic heterocycles. The number of carbonyl (C=O) groups is 2. The molecule has 2 rings (SSSR count). The van der Waals surface area contributed by atoms with Gasteiger partial charge in [0.15, 0.2) is 0 Å². The lowest BCUT2D eigenvalue weighted by molar-refractivity contribution is -0.129. The largest absolute Gasteiger partial charge is 0.343 e. The van der Waals surface area contributed by atoms with Gasteiger partial charge < -0.3 is 15.5 Å². The number of carbonyl (C=O) groups excluding carboxylic acids is 2. The Morgan fingerprint density at radius 3 is 2.52 bits per heavy atom. The molecule has 0 aromatic heterocycles. The molecule has 1 fully saturated rings. The van der Waals surface area contributed by atoms with Crippen LogP contribution >= 0.6 is 0 Å². The van der Waals surface area contributed by atoms with Crippen LogP contribution in [0.25, 0.3) is 0 Å². The fraction of sp³-hybridized carbons (Fsp3) is 0.467. The van der Waals surface area contributed by atoms with Crippen molar-refractivity contribution in [1.29, 1.82) is 0 Å². The lowest BCUT2D eigenvalue weighted by Crippen LogP contribution is -2.47. The van der Waals surface area contributed by atoms with E-state index in [1.807, 2.05) is 0 Å². The second kappa shape index (κ2) is 6.56. The Labute approximate surface area is 123 Å². The minimum atomic E-state index is -0.348. The number of likely N-dealkylation sites (tertiary alicyclic amines) is 1. The zero-order valence-corrected chi connectivity index (χ0v) is 12.3. The van der Waals surface area contributed by atoms with E-state index in [9.17, 15) is 14.0 Å². The Balaban J connectivity index is 1.82. The maximum atomic E-state index is 13.4. The Morgan fingerprint density at radius 2 is 1.95 bits per heavy atom. The van der Waals surface area contributed by atoms with Crippen LogP contribution in [0.5, 0.6) is 0 Å². The van der Waals surface area contributed by atoms with Crippen LogP contribution in [-0.4, -0.2) is 36.0 Å². The minimum Gasteiger partial charge on any atom is -0.343 e. The quantitative estimate of drug-likeness (QED) is 0.878. The van der Waals surface area contributed by atoms with E-state index in [1.165, 1.54) is 6.07 Å². The van der Waals surface area contributed by atoms with Crippen molar-refractivity contribution < 1.29 is 14.0 Å². The average Bonchev–Trinajstić information content (AvgIpc) is 2.43. The highest BCUT2D eigenvalue weighted by molar-refractivity contribution is 5.89. The third-order valence-electron chi connectivity index (χ3n) is 3.71. The van der Waals surface area contributed by atoms with Gasteiger partial charge in [-0.1, -0.05) is 6.07 Å². The van der Waals surface area contributed by atoms with E-state index in [2.05, 4.69) is 10.6 Å². The average molecular weight is 293 g/mol. The number of rotatable bonds is 2. The molecule has 1 aliphatic rings. The molecular formula is C15H20FN3O2. The van der Waals surface area contributed by atoms with Crippen molar-refractivity contribution in [3.8, 4) is 0 Å². The molecule has 1 aromatic carbocycles.